The number of hydrogen-bond donors (Lipinski definition) is 1. The molecule has 0 fully saturated rings. The summed E-state index contributed by atoms with van der Waals surface area (Å²) in [6, 6.07) is 13.0. The molecule has 0 saturated heterocycles. The van der Waals surface area contributed by atoms with Gasteiger partial charge in [0.15, 0.2) is 11.5 Å². The first-order chi connectivity index (χ1) is 12.2. The lowest BCUT2D eigenvalue weighted by Crippen LogP contribution is -2.22. The lowest BCUT2D eigenvalue weighted by Gasteiger charge is -2.07. The van der Waals surface area contributed by atoms with Crippen LogP contribution in [0.5, 0.6) is 11.5 Å². The van der Waals surface area contributed by atoms with Gasteiger partial charge in [0.1, 0.15) is 6.54 Å². The SMILES string of the molecule is COc1ccc(/C=N\NC(=O)Cn2cnc3ccccc32)cc1OC. The van der Waals surface area contributed by atoms with Crippen molar-refractivity contribution in [2.45, 2.75) is 6.54 Å². The van der Waals surface area contributed by atoms with E-state index in [0.29, 0.717) is 11.5 Å². The minimum absolute atomic E-state index is 0.143. The van der Waals surface area contributed by atoms with Crippen LogP contribution in [0.1, 0.15) is 5.56 Å². The second-order valence-electron chi connectivity index (χ2n) is 5.27. The number of carbonyl (C=O) groups excluding carboxylic acids is 1. The summed E-state index contributed by atoms with van der Waals surface area (Å²) in [6.07, 6.45) is 3.19. The molecule has 0 unspecified atom stereocenters. The molecule has 1 N–H and O–H groups in total. The van der Waals surface area contributed by atoms with Gasteiger partial charge in [-0.3, -0.25) is 4.79 Å². The van der Waals surface area contributed by atoms with Gasteiger partial charge in [-0.05, 0) is 35.9 Å². The number of para-hydroxylation sites is 2. The summed E-state index contributed by atoms with van der Waals surface area (Å²) in [5.41, 5.74) is 5.05. The van der Waals surface area contributed by atoms with Crippen LogP contribution in [0.2, 0.25) is 0 Å². The number of benzene rings is 2. The van der Waals surface area contributed by atoms with Gasteiger partial charge in [-0.1, -0.05) is 12.1 Å². The molecule has 0 radical (unpaired) electrons. The number of methoxy groups -OCH3 is 2. The Kier molecular flexibility index (Phi) is 4.94. The predicted octanol–water partition coefficient (Wildman–Crippen LogP) is 2.20. The number of imidazole rings is 1. The maximum absolute atomic E-state index is 12.0. The molecule has 1 heterocycles. The fourth-order valence-electron chi connectivity index (χ4n) is 2.44. The van der Waals surface area contributed by atoms with E-state index in [1.807, 2.05) is 30.3 Å². The Morgan fingerprint density at radius 3 is 2.80 bits per heavy atom. The van der Waals surface area contributed by atoms with E-state index in [-0.39, 0.29) is 12.5 Å². The van der Waals surface area contributed by atoms with Crippen molar-refractivity contribution >= 4 is 23.2 Å². The molecule has 0 saturated carbocycles. The van der Waals surface area contributed by atoms with E-state index < -0.39 is 0 Å². The third-order valence-electron chi connectivity index (χ3n) is 3.65. The molecule has 0 aliphatic rings. The molecule has 0 aliphatic heterocycles. The Morgan fingerprint density at radius 2 is 2.00 bits per heavy atom. The van der Waals surface area contributed by atoms with Crippen molar-refractivity contribution in [1.82, 2.24) is 15.0 Å². The molecule has 7 heteroatoms. The Balaban J connectivity index is 1.63. The second kappa shape index (κ2) is 7.48. The lowest BCUT2D eigenvalue weighted by molar-refractivity contribution is -0.121. The summed E-state index contributed by atoms with van der Waals surface area (Å²) in [5.74, 6) is 0.998. The average Bonchev–Trinajstić information content (AvgIpc) is 3.04. The van der Waals surface area contributed by atoms with E-state index in [2.05, 4.69) is 15.5 Å². The maximum atomic E-state index is 12.0. The summed E-state index contributed by atoms with van der Waals surface area (Å²) < 4.78 is 12.2. The summed E-state index contributed by atoms with van der Waals surface area (Å²) in [5, 5.41) is 3.98. The number of nitrogens with zero attached hydrogens (tertiary/aromatic N) is 3. The molecule has 0 bridgehead atoms. The van der Waals surface area contributed by atoms with Gasteiger partial charge in [-0.2, -0.15) is 5.10 Å². The number of carbonyl (C=O) groups is 1. The second-order valence-corrected chi connectivity index (χ2v) is 5.27. The fourth-order valence-corrected chi connectivity index (χ4v) is 2.44. The first-order valence-electron chi connectivity index (χ1n) is 7.65. The number of hydrogen-bond acceptors (Lipinski definition) is 5. The van der Waals surface area contributed by atoms with Crippen LogP contribution in [0, 0.1) is 0 Å². The van der Waals surface area contributed by atoms with Gasteiger partial charge in [0, 0.05) is 0 Å². The standard InChI is InChI=1S/C18H18N4O3/c1-24-16-8-7-13(9-17(16)25-2)10-20-21-18(23)11-22-12-19-14-5-3-4-6-15(14)22/h3-10,12H,11H2,1-2H3,(H,21,23)/b20-10-. The van der Waals surface area contributed by atoms with Gasteiger partial charge in [0.25, 0.3) is 5.91 Å². The van der Waals surface area contributed by atoms with Crippen molar-refractivity contribution in [2.24, 2.45) is 5.10 Å². The number of hydrazone groups is 1. The highest BCUT2D eigenvalue weighted by Gasteiger charge is 2.06. The molecule has 1 amide bonds. The molecule has 0 aliphatic carbocycles. The van der Waals surface area contributed by atoms with Gasteiger partial charge >= 0.3 is 0 Å². The van der Waals surface area contributed by atoms with E-state index >= 15 is 0 Å². The van der Waals surface area contributed by atoms with Gasteiger partial charge in [0.2, 0.25) is 0 Å². The van der Waals surface area contributed by atoms with Crippen LogP contribution in [0.25, 0.3) is 11.0 Å². The van der Waals surface area contributed by atoms with Crippen molar-refractivity contribution in [2.75, 3.05) is 14.2 Å². The number of rotatable bonds is 6. The smallest absolute Gasteiger partial charge is 0.260 e. The highest BCUT2D eigenvalue weighted by Crippen LogP contribution is 2.26. The number of aromatic nitrogens is 2. The number of amides is 1. The van der Waals surface area contributed by atoms with E-state index in [0.717, 1.165) is 16.6 Å². The Labute approximate surface area is 144 Å². The van der Waals surface area contributed by atoms with Gasteiger partial charge in [0.05, 0.1) is 37.8 Å². The largest absolute Gasteiger partial charge is 0.493 e. The molecule has 2 aromatic carbocycles. The van der Waals surface area contributed by atoms with Crippen molar-refractivity contribution in [3.8, 4) is 11.5 Å². The first kappa shape index (κ1) is 16.5. The molecule has 1 aromatic heterocycles. The van der Waals surface area contributed by atoms with E-state index in [1.165, 1.54) is 0 Å². The number of ether oxygens (including phenoxy) is 2. The molecule has 7 nitrogen and oxygen atoms in total. The Hall–Kier alpha value is -3.35. The number of fused-ring (bicyclic) bond motifs is 1. The van der Waals surface area contributed by atoms with Crippen LogP contribution >= 0.6 is 0 Å². The average molecular weight is 338 g/mol. The van der Waals surface area contributed by atoms with Crippen molar-refractivity contribution in [3.05, 3.63) is 54.4 Å². The minimum atomic E-state index is -0.236. The summed E-state index contributed by atoms with van der Waals surface area (Å²) in [6.45, 7) is 0.143. The lowest BCUT2D eigenvalue weighted by atomic mass is 10.2. The van der Waals surface area contributed by atoms with Crippen LogP contribution in [0.15, 0.2) is 53.9 Å². The van der Waals surface area contributed by atoms with E-state index in [9.17, 15) is 4.79 Å². The van der Waals surface area contributed by atoms with Crippen LogP contribution in [0.4, 0.5) is 0 Å². The van der Waals surface area contributed by atoms with Crippen LogP contribution < -0.4 is 14.9 Å². The molecule has 3 rings (SSSR count). The van der Waals surface area contributed by atoms with Gasteiger partial charge in [-0.15, -0.1) is 0 Å². The molecule has 25 heavy (non-hydrogen) atoms. The monoisotopic (exact) mass is 338 g/mol. The molecule has 128 valence electrons. The highest BCUT2D eigenvalue weighted by atomic mass is 16.5. The van der Waals surface area contributed by atoms with E-state index in [1.54, 1.807) is 43.5 Å². The third kappa shape index (κ3) is 3.77. The molecular weight excluding hydrogens is 320 g/mol. The topological polar surface area (TPSA) is 77.7 Å². The third-order valence-corrected chi connectivity index (χ3v) is 3.65. The summed E-state index contributed by atoms with van der Waals surface area (Å²) in [7, 11) is 3.14. The summed E-state index contributed by atoms with van der Waals surface area (Å²) >= 11 is 0. The zero-order chi connectivity index (χ0) is 17.6. The molecular formula is C18H18N4O3. The molecule has 0 spiro atoms. The van der Waals surface area contributed by atoms with Crippen molar-refractivity contribution < 1.29 is 14.3 Å². The van der Waals surface area contributed by atoms with Crippen molar-refractivity contribution in [1.29, 1.82) is 0 Å². The maximum Gasteiger partial charge on any atom is 0.260 e. The zero-order valence-corrected chi connectivity index (χ0v) is 14.0. The van der Waals surface area contributed by atoms with Crippen LogP contribution in [-0.2, 0) is 11.3 Å². The molecule has 3 aromatic rings. The fraction of sp³-hybridized carbons (Fsp3) is 0.167. The highest BCUT2D eigenvalue weighted by molar-refractivity contribution is 5.84. The predicted molar refractivity (Wildman–Crippen MR) is 95.0 cm³/mol. The zero-order valence-electron chi connectivity index (χ0n) is 14.0. The number of nitrogens with one attached hydrogen (secondary N) is 1. The minimum Gasteiger partial charge on any atom is -0.493 e. The normalized spacial score (nSPS) is 11.0. The van der Waals surface area contributed by atoms with Crippen LogP contribution in [0.3, 0.4) is 0 Å². The van der Waals surface area contributed by atoms with Crippen LogP contribution in [-0.4, -0.2) is 35.9 Å². The molecule has 0 atom stereocenters. The Bertz CT molecular complexity index is 918. The quantitative estimate of drug-likeness (QED) is 0.552. The van der Waals surface area contributed by atoms with Gasteiger partial charge in [-0.25, -0.2) is 10.4 Å². The summed E-state index contributed by atoms with van der Waals surface area (Å²) in [4.78, 5) is 16.3. The van der Waals surface area contributed by atoms with Crippen molar-refractivity contribution in [3.63, 3.8) is 0 Å². The van der Waals surface area contributed by atoms with E-state index in [4.69, 9.17) is 9.47 Å². The Morgan fingerprint density at radius 1 is 1.20 bits per heavy atom. The first-order valence-corrected chi connectivity index (χ1v) is 7.65. The van der Waals surface area contributed by atoms with Gasteiger partial charge < -0.3 is 14.0 Å².